The van der Waals surface area contributed by atoms with Gasteiger partial charge in [-0.05, 0) is 0 Å². The van der Waals surface area contributed by atoms with E-state index in [2.05, 4.69) is 26.0 Å². The molecule has 0 saturated heterocycles. The van der Waals surface area contributed by atoms with Crippen LogP contribution in [0.15, 0.2) is 6.20 Å². The highest BCUT2D eigenvalue weighted by atomic mass is 79.9. The van der Waals surface area contributed by atoms with Crippen molar-refractivity contribution < 1.29 is 14.5 Å². The number of hydrogen-bond acceptors (Lipinski definition) is 5. The first-order valence-electron chi connectivity index (χ1n) is 3.04. The molecule has 0 aliphatic rings. The molecule has 8 heteroatoms. The second kappa shape index (κ2) is 3.52. The first-order valence-corrected chi connectivity index (χ1v) is 3.75. The van der Waals surface area contributed by atoms with Crippen molar-refractivity contribution in [2.45, 2.75) is 0 Å². The Kier molecular flexibility index (Phi) is 2.61. The third-order valence-corrected chi connectivity index (χ3v) is 1.82. The molecule has 7 nitrogen and oxygen atoms in total. The van der Waals surface area contributed by atoms with Crippen LogP contribution in [0, 0.1) is 10.1 Å². The van der Waals surface area contributed by atoms with Crippen LogP contribution in [0.4, 0.5) is 5.69 Å². The first kappa shape index (κ1) is 9.65. The second-order valence-corrected chi connectivity index (χ2v) is 2.66. The minimum atomic E-state index is -0.818. The quantitative estimate of drug-likeness (QED) is 0.438. The number of carbonyl (C=O) groups is 1. The molecule has 13 heavy (non-hydrogen) atoms. The summed E-state index contributed by atoms with van der Waals surface area (Å²) in [5.74, 6) is -0.818. The maximum atomic E-state index is 11.0. The zero-order chi connectivity index (χ0) is 10.0. The van der Waals surface area contributed by atoms with Gasteiger partial charge in [0.2, 0.25) is 5.69 Å². The minimum Gasteiger partial charge on any atom is -0.464 e. The molecule has 1 aromatic rings. The number of nitro groups is 1. The molecule has 0 fully saturated rings. The average Bonchev–Trinajstić information content (AvgIpc) is 2.46. The lowest BCUT2D eigenvalue weighted by Crippen LogP contribution is -2.07. The Morgan fingerprint density at radius 1 is 1.85 bits per heavy atom. The van der Waals surface area contributed by atoms with Crippen LogP contribution in [0.3, 0.4) is 0 Å². The van der Waals surface area contributed by atoms with Crippen molar-refractivity contribution in [2.75, 3.05) is 7.11 Å². The van der Waals surface area contributed by atoms with Crippen molar-refractivity contribution in [1.82, 2.24) is 8.81 Å². The van der Waals surface area contributed by atoms with Crippen molar-refractivity contribution in [3.63, 3.8) is 0 Å². The number of hydrogen-bond donors (Lipinski definition) is 0. The molecule has 0 aliphatic heterocycles. The number of methoxy groups -OCH3 is 1. The number of ether oxygens (including phenoxy) is 1. The van der Waals surface area contributed by atoms with Gasteiger partial charge in [-0.15, -0.1) is 0 Å². The fraction of sp³-hybridized carbons (Fsp3) is 0.200. The van der Waals surface area contributed by atoms with E-state index in [1.165, 1.54) is 0 Å². The minimum absolute atomic E-state index is 0.243. The summed E-state index contributed by atoms with van der Waals surface area (Å²) >= 11 is 2.83. The van der Waals surface area contributed by atoms with E-state index >= 15 is 0 Å². The summed E-state index contributed by atoms with van der Waals surface area (Å²) in [6.45, 7) is 0. The molecule has 0 spiro atoms. The number of halogens is 1. The Morgan fingerprint density at radius 2 is 2.46 bits per heavy atom. The molecule has 1 rings (SSSR count). The first-order chi connectivity index (χ1) is 6.07. The smallest absolute Gasteiger partial charge is 0.364 e. The Labute approximate surface area is 80.8 Å². The summed E-state index contributed by atoms with van der Waals surface area (Å²) in [5.41, 5.74) is -0.642. The van der Waals surface area contributed by atoms with Crippen LogP contribution in [0.1, 0.15) is 10.5 Å². The largest absolute Gasteiger partial charge is 0.464 e. The lowest BCUT2D eigenvalue weighted by Gasteiger charge is -1.96. The molecule has 0 aliphatic carbocycles. The van der Waals surface area contributed by atoms with Crippen molar-refractivity contribution in [2.24, 2.45) is 0 Å². The van der Waals surface area contributed by atoms with Crippen LogP contribution in [0.2, 0.25) is 0 Å². The molecule has 70 valence electrons. The number of rotatable bonds is 2. The van der Waals surface area contributed by atoms with Crippen LogP contribution >= 0.6 is 16.1 Å². The van der Waals surface area contributed by atoms with Crippen molar-refractivity contribution in [1.29, 1.82) is 0 Å². The predicted molar refractivity (Wildman–Crippen MR) is 44.5 cm³/mol. The van der Waals surface area contributed by atoms with Gasteiger partial charge in [0.15, 0.2) is 0 Å². The summed E-state index contributed by atoms with van der Waals surface area (Å²) in [6, 6.07) is 0. The van der Waals surface area contributed by atoms with E-state index in [4.69, 9.17) is 0 Å². The van der Waals surface area contributed by atoms with E-state index in [0.29, 0.717) is 0 Å². The normalized spacial score (nSPS) is 9.69. The zero-order valence-corrected chi connectivity index (χ0v) is 8.02. The molecule has 0 bridgehead atoms. The van der Waals surface area contributed by atoms with Crippen LogP contribution in [-0.4, -0.2) is 26.8 Å². The van der Waals surface area contributed by atoms with Gasteiger partial charge in [0.1, 0.15) is 6.20 Å². The Balaban J connectivity index is 3.24. The van der Waals surface area contributed by atoms with Crippen molar-refractivity contribution in [3.05, 3.63) is 22.0 Å². The molecule has 0 N–H and O–H groups in total. The van der Waals surface area contributed by atoms with Gasteiger partial charge < -0.3 is 4.74 Å². The number of carbonyl (C=O) groups excluding carboxylic acids is 1. The van der Waals surface area contributed by atoms with Gasteiger partial charge in [-0.25, -0.2) is 4.79 Å². The molecule has 0 aromatic carbocycles. The Hall–Kier alpha value is -1.44. The molecule has 1 heterocycles. The molecule has 0 atom stereocenters. The molecule has 0 amide bonds. The highest BCUT2D eigenvalue weighted by Gasteiger charge is 2.26. The van der Waals surface area contributed by atoms with Gasteiger partial charge in [0, 0.05) is 0 Å². The molecule has 0 unspecified atom stereocenters. The van der Waals surface area contributed by atoms with Gasteiger partial charge in [0.25, 0.3) is 0 Å². The maximum Gasteiger partial charge on any atom is 0.364 e. The topological polar surface area (TPSA) is 87.3 Å². The maximum absolute atomic E-state index is 11.0. The summed E-state index contributed by atoms with van der Waals surface area (Å²) in [6.07, 6.45) is 0.959. The van der Waals surface area contributed by atoms with E-state index in [9.17, 15) is 14.9 Å². The third-order valence-electron chi connectivity index (χ3n) is 1.28. The molecule has 0 radical (unpaired) electrons. The van der Waals surface area contributed by atoms with E-state index in [-0.39, 0.29) is 5.69 Å². The van der Waals surface area contributed by atoms with E-state index in [0.717, 1.165) is 17.0 Å². The van der Waals surface area contributed by atoms with Crippen LogP contribution in [0.5, 0.6) is 0 Å². The number of esters is 1. The van der Waals surface area contributed by atoms with E-state index < -0.39 is 16.6 Å². The Bertz CT molecular complexity index is 361. The highest BCUT2D eigenvalue weighted by Crippen LogP contribution is 2.19. The molecular formula is C5H4BrN3O4. The van der Waals surface area contributed by atoms with Crippen LogP contribution in [-0.2, 0) is 4.74 Å². The van der Waals surface area contributed by atoms with Gasteiger partial charge in [0.05, 0.1) is 28.2 Å². The lowest BCUT2D eigenvalue weighted by atomic mass is 10.4. The molecule has 0 saturated carbocycles. The predicted octanol–water partition coefficient (Wildman–Crippen LogP) is 0.736. The molecule has 1 aromatic heterocycles. The van der Waals surface area contributed by atoms with E-state index in [1.807, 2.05) is 0 Å². The summed E-state index contributed by atoms with van der Waals surface area (Å²) < 4.78 is 5.25. The fourth-order valence-electron chi connectivity index (χ4n) is 0.729. The SMILES string of the molecule is COC(=O)c1c([N+](=O)[O-])cnn1Br. The van der Waals surface area contributed by atoms with Gasteiger partial charge in [-0.3, -0.25) is 10.1 Å². The van der Waals surface area contributed by atoms with Gasteiger partial charge in [-0.2, -0.15) is 8.81 Å². The zero-order valence-electron chi connectivity index (χ0n) is 6.43. The standard InChI is InChI=1S/C5H4BrN3O4/c1-13-5(10)4-3(9(11)12)2-7-8(4)6/h2H,1H3. The summed E-state index contributed by atoms with van der Waals surface area (Å²) in [5, 5.41) is 13.9. The van der Waals surface area contributed by atoms with Crippen LogP contribution in [0.25, 0.3) is 0 Å². The van der Waals surface area contributed by atoms with Crippen molar-refractivity contribution in [3.8, 4) is 0 Å². The number of aromatic nitrogens is 2. The lowest BCUT2D eigenvalue weighted by molar-refractivity contribution is -0.385. The van der Waals surface area contributed by atoms with Crippen LogP contribution < -0.4 is 0 Å². The molecular weight excluding hydrogens is 246 g/mol. The summed E-state index contributed by atoms with van der Waals surface area (Å²) in [4.78, 5) is 20.7. The monoisotopic (exact) mass is 249 g/mol. The Morgan fingerprint density at radius 3 is 2.92 bits per heavy atom. The van der Waals surface area contributed by atoms with Gasteiger partial charge in [-0.1, -0.05) is 0 Å². The highest BCUT2D eigenvalue weighted by molar-refractivity contribution is 9.08. The average molecular weight is 250 g/mol. The summed E-state index contributed by atoms with van der Waals surface area (Å²) in [7, 11) is 1.13. The second-order valence-electron chi connectivity index (χ2n) is 1.99. The fourth-order valence-corrected chi connectivity index (χ4v) is 1.15. The van der Waals surface area contributed by atoms with Crippen molar-refractivity contribution >= 4 is 27.8 Å². The van der Waals surface area contributed by atoms with Gasteiger partial charge >= 0.3 is 11.7 Å². The van der Waals surface area contributed by atoms with E-state index in [1.54, 1.807) is 0 Å². The number of nitrogens with zero attached hydrogens (tertiary/aromatic N) is 3. The third kappa shape index (κ3) is 1.66.